The van der Waals surface area contributed by atoms with Crippen LogP contribution in [-0.4, -0.2) is 17.9 Å². The molecule has 0 aliphatic heterocycles. The largest absolute Gasteiger partial charge is 0.494 e. The summed E-state index contributed by atoms with van der Waals surface area (Å²) in [6.07, 6.45) is 0. The van der Waals surface area contributed by atoms with E-state index in [1.807, 2.05) is 0 Å². The van der Waals surface area contributed by atoms with Gasteiger partial charge in [-0.1, -0.05) is 6.07 Å². The topological polar surface area (TPSA) is 81.5 Å². The van der Waals surface area contributed by atoms with E-state index in [-0.39, 0.29) is 17.0 Å². The van der Waals surface area contributed by atoms with Gasteiger partial charge in [0.15, 0.2) is 5.82 Å². The van der Waals surface area contributed by atoms with Gasteiger partial charge in [-0.3, -0.25) is 14.9 Å². The van der Waals surface area contributed by atoms with Crippen molar-refractivity contribution in [3.8, 4) is 5.75 Å². The molecule has 0 radical (unpaired) electrons. The van der Waals surface area contributed by atoms with E-state index < -0.39 is 28.2 Å². The first kappa shape index (κ1) is 15.4. The van der Waals surface area contributed by atoms with Crippen molar-refractivity contribution in [2.45, 2.75) is 0 Å². The van der Waals surface area contributed by atoms with Crippen molar-refractivity contribution in [2.75, 3.05) is 12.4 Å². The molecular formula is C14H10F2N2O4. The van der Waals surface area contributed by atoms with E-state index in [9.17, 15) is 23.7 Å². The minimum absolute atomic E-state index is 0.0879. The van der Waals surface area contributed by atoms with Crippen LogP contribution in [0.25, 0.3) is 0 Å². The number of nitro benzene ring substituents is 1. The summed E-state index contributed by atoms with van der Waals surface area (Å²) in [6, 6.07) is 6.58. The number of rotatable bonds is 4. The highest BCUT2D eigenvalue weighted by atomic mass is 19.1. The van der Waals surface area contributed by atoms with Gasteiger partial charge in [-0.15, -0.1) is 0 Å². The van der Waals surface area contributed by atoms with Crippen molar-refractivity contribution in [1.82, 2.24) is 0 Å². The van der Waals surface area contributed by atoms with E-state index in [0.29, 0.717) is 0 Å². The number of para-hydroxylation sites is 1. The van der Waals surface area contributed by atoms with Gasteiger partial charge in [0.25, 0.3) is 5.91 Å². The molecule has 0 aromatic heterocycles. The van der Waals surface area contributed by atoms with Gasteiger partial charge in [-0.25, -0.2) is 4.39 Å². The van der Waals surface area contributed by atoms with Crippen LogP contribution in [0.4, 0.5) is 20.2 Å². The van der Waals surface area contributed by atoms with Crippen LogP contribution in [0.1, 0.15) is 10.4 Å². The molecule has 0 saturated carbocycles. The van der Waals surface area contributed by atoms with Gasteiger partial charge in [-0.05, 0) is 24.3 Å². The molecule has 0 spiro atoms. The van der Waals surface area contributed by atoms with Gasteiger partial charge in [-0.2, -0.15) is 4.39 Å². The molecule has 0 bridgehead atoms. The number of anilines is 1. The van der Waals surface area contributed by atoms with Crippen LogP contribution in [-0.2, 0) is 0 Å². The highest BCUT2D eigenvalue weighted by Gasteiger charge is 2.19. The molecule has 114 valence electrons. The minimum Gasteiger partial charge on any atom is -0.494 e. The number of hydrogen-bond acceptors (Lipinski definition) is 4. The summed E-state index contributed by atoms with van der Waals surface area (Å²) in [5.74, 6) is -2.54. The number of carbonyl (C=O) groups is 1. The van der Waals surface area contributed by atoms with Crippen LogP contribution in [0, 0.1) is 21.7 Å². The van der Waals surface area contributed by atoms with Crippen molar-refractivity contribution in [3.05, 3.63) is 63.7 Å². The molecule has 2 aromatic carbocycles. The predicted molar refractivity (Wildman–Crippen MR) is 74.0 cm³/mol. The molecule has 1 N–H and O–H groups in total. The predicted octanol–water partition coefficient (Wildman–Crippen LogP) is 3.13. The zero-order valence-corrected chi connectivity index (χ0v) is 11.3. The first-order chi connectivity index (χ1) is 10.4. The second-order valence-corrected chi connectivity index (χ2v) is 4.19. The highest BCUT2D eigenvalue weighted by Crippen LogP contribution is 2.28. The molecule has 0 atom stereocenters. The number of hydrogen-bond donors (Lipinski definition) is 1. The fourth-order valence-corrected chi connectivity index (χ4v) is 1.78. The standard InChI is InChI=1S/C14H10F2N2O4/c1-22-12-4-2-3-10(16)13(12)17-14(19)8-5-6-9(15)11(7-8)18(20)21/h2-7H,1H3,(H,17,19). The third-order valence-electron chi connectivity index (χ3n) is 2.84. The Bertz CT molecular complexity index is 750. The summed E-state index contributed by atoms with van der Waals surface area (Å²) < 4.78 is 31.9. The van der Waals surface area contributed by atoms with Crippen molar-refractivity contribution in [3.63, 3.8) is 0 Å². The zero-order chi connectivity index (χ0) is 16.3. The summed E-state index contributed by atoms with van der Waals surface area (Å²) >= 11 is 0. The van der Waals surface area contributed by atoms with Crippen LogP contribution in [0.3, 0.4) is 0 Å². The van der Waals surface area contributed by atoms with Gasteiger partial charge in [0.2, 0.25) is 5.82 Å². The number of ether oxygens (including phenoxy) is 1. The molecule has 2 rings (SSSR count). The van der Waals surface area contributed by atoms with Crippen LogP contribution in [0.2, 0.25) is 0 Å². The molecule has 0 unspecified atom stereocenters. The number of nitro groups is 1. The van der Waals surface area contributed by atoms with Crippen LogP contribution in [0.5, 0.6) is 5.75 Å². The summed E-state index contributed by atoms with van der Waals surface area (Å²) in [5, 5.41) is 12.9. The average Bonchev–Trinajstić information content (AvgIpc) is 2.49. The molecule has 8 heteroatoms. The zero-order valence-electron chi connectivity index (χ0n) is 11.3. The van der Waals surface area contributed by atoms with Gasteiger partial charge in [0, 0.05) is 11.6 Å². The van der Waals surface area contributed by atoms with E-state index in [1.165, 1.54) is 19.2 Å². The Balaban J connectivity index is 2.34. The molecule has 0 heterocycles. The first-order valence-electron chi connectivity index (χ1n) is 6.02. The molecule has 0 aliphatic rings. The van der Waals surface area contributed by atoms with Crippen molar-refractivity contribution >= 4 is 17.3 Å². The normalized spacial score (nSPS) is 10.1. The minimum atomic E-state index is -1.06. The molecule has 0 aliphatic carbocycles. The van der Waals surface area contributed by atoms with E-state index in [0.717, 1.165) is 24.3 Å². The van der Waals surface area contributed by atoms with Crippen molar-refractivity contribution in [1.29, 1.82) is 0 Å². The maximum absolute atomic E-state index is 13.7. The van der Waals surface area contributed by atoms with Crippen LogP contribution < -0.4 is 10.1 Å². The second-order valence-electron chi connectivity index (χ2n) is 4.19. The molecule has 6 nitrogen and oxygen atoms in total. The Morgan fingerprint density at radius 2 is 1.95 bits per heavy atom. The lowest BCUT2D eigenvalue weighted by atomic mass is 10.1. The number of halogens is 2. The van der Waals surface area contributed by atoms with Crippen LogP contribution in [0.15, 0.2) is 36.4 Å². The summed E-state index contributed by atoms with van der Waals surface area (Å²) in [5.41, 5.74) is -1.23. The quantitative estimate of drug-likeness (QED) is 0.695. The van der Waals surface area contributed by atoms with E-state index >= 15 is 0 Å². The Labute approximate surface area is 123 Å². The maximum Gasteiger partial charge on any atom is 0.305 e. The maximum atomic E-state index is 13.7. The van der Waals surface area contributed by atoms with Gasteiger partial charge >= 0.3 is 5.69 Å². The molecule has 1 amide bonds. The Morgan fingerprint density at radius 1 is 1.23 bits per heavy atom. The number of amides is 1. The second kappa shape index (κ2) is 6.17. The molecule has 22 heavy (non-hydrogen) atoms. The van der Waals surface area contributed by atoms with Crippen molar-refractivity contribution < 1.29 is 23.2 Å². The summed E-state index contributed by atoms with van der Waals surface area (Å²) in [4.78, 5) is 21.8. The lowest BCUT2D eigenvalue weighted by Crippen LogP contribution is -2.14. The number of benzene rings is 2. The first-order valence-corrected chi connectivity index (χ1v) is 6.02. The van der Waals surface area contributed by atoms with E-state index in [4.69, 9.17) is 4.74 Å². The SMILES string of the molecule is COc1cccc(F)c1NC(=O)c1ccc(F)c([N+](=O)[O-])c1. The van der Waals surface area contributed by atoms with Crippen LogP contribution >= 0.6 is 0 Å². The summed E-state index contributed by atoms with van der Waals surface area (Å²) in [6.45, 7) is 0. The number of nitrogens with zero attached hydrogens (tertiary/aromatic N) is 1. The number of methoxy groups -OCH3 is 1. The summed E-state index contributed by atoms with van der Waals surface area (Å²) in [7, 11) is 1.30. The van der Waals surface area contributed by atoms with Gasteiger partial charge in [0.05, 0.1) is 12.0 Å². The van der Waals surface area contributed by atoms with Gasteiger partial charge in [0.1, 0.15) is 11.4 Å². The monoisotopic (exact) mass is 308 g/mol. The lowest BCUT2D eigenvalue weighted by Gasteiger charge is -2.11. The smallest absolute Gasteiger partial charge is 0.305 e. The fraction of sp³-hybridized carbons (Fsp3) is 0.0714. The molecule has 0 saturated heterocycles. The molecule has 2 aromatic rings. The third kappa shape index (κ3) is 3.00. The van der Waals surface area contributed by atoms with E-state index in [1.54, 1.807) is 0 Å². The Hall–Kier alpha value is -3.03. The number of carbonyl (C=O) groups excluding carboxylic acids is 1. The third-order valence-corrected chi connectivity index (χ3v) is 2.84. The molecule has 0 fully saturated rings. The highest BCUT2D eigenvalue weighted by molar-refractivity contribution is 6.05. The molecular weight excluding hydrogens is 298 g/mol. The fourth-order valence-electron chi connectivity index (χ4n) is 1.78. The van der Waals surface area contributed by atoms with Gasteiger partial charge < -0.3 is 10.1 Å². The number of nitrogens with one attached hydrogen (secondary N) is 1. The average molecular weight is 308 g/mol. The Morgan fingerprint density at radius 3 is 2.59 bits per heavy atom. The van der Waals surface area contributed by atoms with Crippen molar-refractivity contribution in [2.24, 2.45) is 0 Å². The lowest BCUT2D eigenvalue weighted by molar-refractivity contribution is -0.387. The Kier molecular flexibility index (Phi) is 4.31. The van der Waals surface area contributed by atoms with E-state index in [2.05, 4.69) is 5.32 Å².